The molecule has 17 heavy (non-hydrogen) atoms. The molecule has 4 nitrogen and oxygen atoms in total. The lowest BCUT2D eigenvalue weighted by Crippen LogP contribution is -2.29. The lowest BCUT2D eigenvalue weighted by Gasteiger charge is -2.15. The van der Waals surface area contributed by atoms with Crippen LogP contribution < -0.4 is 5.32 Å². The standard InChI is InChI=1S/C13H17NO3/c1-9(13(16)17)8-12(15)14-10(2)11-6-4-3-5-7-11/h3-7,9-10H,8H2,1-2H3,(H,14,15)(H,16,17). The van der Waals surface area contributed by atoms with Crippen LogP contribution in [0.5, 0.6) is 0 Å². The summed E-state index contributed by atoms with van der Waals surface area (Å²) in [5, 5.41) is 11.5. The Bertz CT molecular complexity index is 389. The lowest BCUT2D eigenvalue weighted by atomic mass is 10.1. The van der Waals surface area contributed by atoms with Gasteiger partial charge in [-0.15, -0.1) is 0 Å². The molecule has 1 aromatic rings. The van der Waals surface area contributed by atoms with Crippen LogP contribution in [-0.2, 0) is 9.59 Å². The normalized spacial score (nSPS) is 13.8. The average molecular weight is 235 g/mol. The summed E-state index contributed by atoms with van der Waals surface area (Å²) in [7, 11) is 0. The van der Waals surface area contributed by atoms with Crippen LogP contribution in [0.4, 0.5) is 0 Å². The fourth-order valence-electron chi connectivity index (χ4n) is 1.49. The number of carboxylic acids is 1. The van der Waals surface area contributed by atoms with Gasteiger partial charge < -0.3 is 10.4 Å². The van der Waals surface area contributed by atoms with Gasteiger partial charge >= 0.3 is 5.97 Å². The Morgan fingerprint density at radius 2 is 1.82 bits per heavy atom. The molecule has 2 N–H and O–H groups in total. The summed E-state index contributed by atoms with van der Waals surface area (Å²) in [5.41, 5.74) is 1.00. The summed E-state index contributed by atoms with van der Waals surface area (Å²) in [4.78, 5) is 22.2. The molecule has 1 aromatic carbocycles. The predicted molar refractivity (Wildman–Crippen MR) is 64.4 cm³/mol. The molecule has 2 unspecified atom stereocenters. The molecular formula is C13H17NO3. The number of hydrogen-bond acceptors (Lipinski definition) is 2. The van der Waals surface area contributed by atoms with E-state index in [9.17, 15) is 9.59 Å². The summed E-state index contributed by atoms with van der Waals surface area (Å²) >= 11 is 0. The van der Waals surface area contributed by atoms with E-state index in [2.05, 4.69) is 5.32 Å². The van der Waals surface area contributed by atoms with E-state index in [0.717, 1.165) is 5.56 Å². The van der Waals surface area contributed by atoms with E-state index in [1.54, 1.807) is 0 Å². The molecule has 0 saturated carbocycles. The van der Waals surface area contributed by atoms with Crippen molar-refractivity contribution in [3.8, 4) is 0 Å². The van der Waals surface area contributed by atoms with Crippen LogP contribution in [-0.4, -0.2) is 17.0 Å². The van der Waals surface area contributed by atoms with E-state index < -0.39 is 11.9 Å². The highest BCUT2D eigenvalue weighted by atomic mass is 16.4. The zero-order valence-corrected chi connectivity index (χ0v) is 10.0. The quantitative estimate of drug-likeness (QED) is 0.820. The number of nitrogens with one attached hydrogen (secondary N) is 1. The summed E-state index contributed by atoms with van der Waals surface area (Å²) in [6.45, 7) is 3.40. The Labute approximate surface area is 101 Å². The second-order valence-electron chi connectivity index (χ2n) is 4.14. The van der Waals surface area contributed by atoms with Crippen LogP contribution in [0, 0.1) is 5.92 Å². The zero-order chi connectivity index (χ0) is 12.8. The third kappa shape index (κ3) is 4.26. The van der Waals surface area contributed by atoms with Crippen LogP contribution in [0.15, 0.2) is 30.3 Å². The second kappa shape index (κ2) is 6.03. The molecule has 0 aliphatic rings. The van der Waals surface area contributed by atoms with Crippen LogP contribution in [0.1, 0.15) is 31.9 Å². The summed E-state index contributed by atoms with van der Waals surface area (Å²) in [5.74, 6) is -1.85. The van der Waals surface area contributed by atoms with Gasteiger partial charge in [-0.25, -0.2) is 0 Å². The minimum absolute atomic E-state index is 0.00646. The van der Waals surface area contributed by atoms with Crippen molar-refractivity contribution >= 4 is 11.9 Å². The fourth-order valence-corrected chi connectivity index (χ4v) is 1.49. The van der Waals surface area contributed by atoms with E-state index in [1.807, 2.05) is 37.3 Å². The molecule has 92 valence electrons. The van der Waals surface area contributed by atoms with Crippen LogP contribution in [0.25, 0.3) is 0 Å². The van der Waals surface area contributed by atoms with Gasteiger partial charge in [0.15, 0.2) is 0 Å². The van der Waals surface area contributed by atoms with Crippen molar-refractivity contribution < 1.29 is 14.7 Å². The van der Waals surface area contributed by atoms with Gasteiger partial charge in [0, 0.05) is 6.42 Å². The van der Waals surface area contributed by atoms with Crippen LogP contribution in [0.2, 0.25) is 0 Å². The Balaban J connectivity index is 2.49. The Hall–Kier alpha value is -1.84. The third-order valence-corrected chi connectivity index (χ3v) is 2.59. The van der Waals surface area contributed by atoms with Crippen molar-refractivity contribution in [1.29, 1.82) is 0 Å². The number of carbonyl (C=O) groups is 2. The van der Waals surface area contributed by atoms with Crippen molar-refractivity contribution in [1.82, 2.24) is 5.32 Å². The first kappa shape index (κ1) is 13.2. The molecule has 1 amide bonds. The van der Waals surface area contributed by atoms with E-state index in [1.165, 1.54) is 6.92 Å². The number of carboxylic acid groups (broad SMARTS) is 1. The van der Waals surface area contributed by atoms with Crippen LogP contribution >= 0.6 is 0 Å². The largest absolute Gasteiger partial charge is 0.481 e. The molecule has 1 rings (SSSR count). The van der Waals surface area contributed by atoms with Gasteiger partial charge in [0.1, 0.15) is 0 Å². The van der Waals surface area contributed by atoms with Crippen molar-refractivity contribution in [3.05, 3.63) is 35.9 Å². The van der Waals surface area contributed by atoms with Gasteiger partial charge in [0.25, 0.3) is 0 Å². The number of amides is 1. The minimum Gasteiger partial charge on any atom is -0.481 e. The summed E-state index contributed by atoms with van der Waals surface area (Å²) in [6.07, 6.45) is 0.00646. The van der Waals surface area contributed by atoms with Crippen molar-refractivity contribution in [2.75, 3.05) is 0 Å². The Kier molecular flexibility index (Phi) is 4.69. The molecular weight excluding hydrogens is 218 g/mol. The van der Waals surface area contributed by atoms with E-state index in [-0.39, 0.29) is 18.4 Å². The first-order valence-corrected chi connectivity index (χ1v) is 5.58. The fraction of sp³-hybridized carbons (Fsp3) is 0.385. The molecule has 0 heterocycles. The maximum atomic E-state index is 11.6. The van der Waals surface area contributed by atoms with Crippen molar-refractivity contribution in [2.24, 2.45) is 5.92 Å². The van der Waals surface area contributed by atoms with Crippen LogP contribution in [0.3, 0.4) is 0 Å². The maximum absolute atomic E-state index is 11.6. The molecule has 0 aromatic heterocycles. The number of hydrogen-bond donors (Lipinski definition) is 2. The van der Waals surface area contributed by atoms with Gasteiger partial charge in [-0.1, -0.05) is 37.3 Å². The summed E-state index contributed by atoms with van der Waals surface area (Å²) < 4.78 is 0. The van der Waals surface area contributed by atoms with Gasteiger partial charge in [-0.3, -0.25) is 9.59 Å². The molecule has 0 aliphatic heterocycles. The maximum Gasteiger partial charge on any atom is 0.306 e. The lowest BCUT2D eigenvalue weighted by molar-refractivity contribution is -0.143. The Morgan fingerprint density at radius 1 is 1.24 bits per heavy atom. The Morgan fingerprint density at radius 3 is 2.35 bits per heavy atom. The zero-order valence-electron chi connectivity index (χ0n) is 10.0. The molecule has 0 spiro atoms. The minimum atomic E-state index is -0.951. The van der Waals surface area contributed by atoms with E-state index in [0.29, 0.717) is 0 Å². The first-order chi connectivity index (χ1) is 8.00. The average Bonchev–Trinajstić information content (AvgIpc) is 2.29. The highest BCUT2D eigenvalue weighted by molar-refractivity contribution is 5.82. The number of rotatable bonds is 5. The topological polar surface area (TPSA) is 66.4 Å². The second-order valence-corrected chi connectivity index (χ2v) is 4.14. The van der Waals surface area contributed by atoms with E-state index >= 15 is 0 Å². The molecule has 0 saturated heterocycles. The van der Waals surface area contributed by atoms with Gasteiger partial charge in [0.2, 0.25) is 5.91 Å². The highest BCUT2D eigenvalue weighted by Crippen LogP contribution is 2.12. The molecule has 4 heteroatoms. The number of aliphatic carboxylic acids is 1. The molecule has 0 fully saturated rings. The number of carbonyl (C=O) groups excluding carboxylic acids is 1. The molecule has 0 aliphatic carbocycles. The predicted octanol–water partition coefficient (Wildman–Crippen LogP) is 1.97. The SMILES string of the molecule is CC(CC(=O)NC(C)c1ccccc1)C(=O)O. The monoisotopic (exact) mass is 235 g/mol. The third-order valence-electron chi connectivity index (χ3n) is 2.59. The first-order valence-electron chi connectivity index (χ1n) is 5.58. The van der Waals surface area contributed by atoms with Crippen molar-refractivity contribution in [3.63, 3.8) is 0 Å². The van der Waals surface area contributed by atoms with Gasteiger partial charge in [0.05, 0.1) is 12.0 Å². The molecule has 2 atom stereocenters. The number of benzene rings is 1. The molecule has 0 radical (unpaired) electrons. The van der Waals surface area contributed by atoms with Gasteiger partial charge in [-0.05, 0) is 12.5 Å². The molecule has 0 bridgehead atoms. The van der Waals surface area contributed by atoms with Gasteiger partial charge in [-0.2, -0.15) is 0 Å². The smallest absolute Gasteiger partial charge is 0.306 e. The highest BCUT2D eigenvalue weighted by Gasteiger charge is 2.17. The van der Waals surface area contributed by atoms with E-state index in [4.69, 9.17) is 5.11 Å². The van der Waals surface area contributed by atoms with Crippen molar-refractivity contribution in [2.45, 2.75) is 26.3 Å². The summed E-state index contributed by atoms with van der Waals surface area (Å²) in [6, 6.07) is 9.45.